The lowest BCUT2D eigenvalue weighted by Crippen LogP contribution is -2.01. The van der Waals surface area contributed by atoms with Gasteiger partial charge in [-0.15, -0.1) is 0 Å². The summed E-state index contributed by atoms with van der Waals surface area (Å²) >= 11 is 0. The number of aryl methyl sites for hydroxylation is 1. The molecule has 0 aliphatic carbocycles. The van der Waals surface area contributed by atoms with Crippen molar-refractivity contribution in [3.8, 4) is 0 Å². The Balaban J connectivity index is 3.03. The van der Waals surface area contributed by atoms with Crippen molar-refractivity contribution in [1.29, 1.82) is 0 Å². The summed E-state index contributed by atoms with van der Waals surface area (Å²) in [6.07, 6.45) is 0. The second kappa shape index (κ2) is 3.91. The van der Waals surface area contributed by atoms with Crippen molar-refractivity contribution in [2.75, 3.05) is 12.6 Å². The molecule has 0 unspecified atom stereocenters. The van der Waals surface area contributed by atoms with Gasteiger partial charge in [-0.1, -0.05) is 0 Å². The lowest BCUT2D eigenvalue weighted by molar-refractivity contribution is 0.0697. The minimum absolute atomic E-state index is 0.250. The zero-order valence-corrected chi connectivity index (χ0v) is 7.50. The first-order chi connectivity index (χ1) is 6.13. The summed E-state index contributed by atoms with van der Waals surface area (Å²) in [4.78, 5) is 15.3. The van der Waals surface area contributed by atoms with Crippen molar-refractivity contribution in [3.05, 3.63) is 29.3 Å². The molecule has 1 aromatic rings. The van der Waals surface area contributed by atoms with E-state index in [0.29, 0.717) is 5.69 Å². The summed E-state index contributed by atoms with van der Waals surface area (Å²) in [5.74, 6) is -0.942. The molecule has 0 atom stereocenters. The van der Waals surface area contributed by atoms with Crippen molar-refractivity contribution < 1.29 is 14.7 Å². The number of hydrogen-bond donors (Lipinski definition) is 2. The molecule has 0 aliphatic rings. The molecule has 4 heteroatoms. The SMILES string of the molecule is CONc1cc(C)cc(C(=O)O)c1. The lowest BCUT2D eigenvalue weighted by atomic mass is 10.1. The van der Waals surface area contributed by atoms with Gasteiger partial charge in [-0.05, 0) is 30.7 Å². The fourth-order valence-electron chi connectivity index (χ4n) is 1.08. The molecule has 0 saturated heterocycles. The van der Waals surface area contributed by atoms with Crippen LogP contribution in [0.5, 0.6) is 0 Å². The zero-order chi connectivity index (χ0) is 9.84. The fraction of sp³-hybridized carbons (Fsp3) is 0.222. The molecule has 4 nitrogen and oxygen atoms in total. The van der Waals surface area contributed by atoms with Crippen molar-refractivity contribution in [2.45, 2.75) is 6.92 Å². The Morgan fingerprint density at radius 1 is 1.46 bits per heavy atom. The predicted octanol–water partition coefficient (Wildman–Crippen LogP) is 1.67. The minimum atomic E-state index is -0.942. The molecule has 2 N–H and O–H groups in total. The molecule has 0 saturated carbocycles. The van der Waals surface area contributed by atoms with Crippen LogP contribution < -0.4 is 5.48 Å². The molecule has 13 heavy (non-hydrogen) atoms. The van der Waals surface area contributed by atoms with Gasteiger partial charge in [-0.2, -0.15) is 0 Å². The highest BCUT2D eigenvalue weighted by Crippen LogP contribution is 2.14. The van der Waals surface area contributed by atoms with Crippen LogP contribution in [0.15, 0.2) is 18.2 Å². The van der Waals surface area contributed by atoms with Crippen LogP contribution in [0, 0.1) is 6.92 Å². The smallest absolute Gasteiger partial charge is 0.335 e. The number of anilines is 1. The third-order valence-electron chi connectivity index (χ3n) is 1.54. The molecule has 70 valence electrons. The highest BCUT2D eigenvalue weighted by Gasteiger charge is 2.04. The summed E-state index contributed by atoms with van der Waals surface area (Å²) in [7, 11) is 1.47. The molecule has 0 radical (unpaired) electrons. The summed E-state index contributed by atoms with van der Waals surface area (Å²) < 4.78 is 0. The Hall–Kier alpha value is -1.55. The van der Waals surface area contributed by atoms with Gasteiger partial charge in [0.2, 0.25) is 0 Å². The summed E-state index contributed by atoms with van der Waals surface area (Å²) in [6, 6.07) is 4.91. The van der Waals surface area contributed by atoms with E-state index in [0.717, 1.165) is 5.56 Å². The summed E-state index contributed by atoms with van der Waals surface area (Å²) in [5.41, 5.74) is 4.34. The van der Waals surface area contributed by atoms with Crippen molar-refractivity contribution in [3.63, 3.8) is 0 Å². The molecule has 1 aromatic carbocycles. The van der Waals surface area contributed by atoms with Gasteiger partial charge in [0, 0.05) is 0 Å². The first kappa shape index (κ1) is 9.54. The second-order valence-corrected chi connectivity index (χ2v) is 2.70. The van der Waals surface area contributed by atoms with E-state index in [2.05, 4.69) is 10.3 Å². The van der Waals surface area contributed by atoms with Crippen LogP contribution in [0.3, 0.4) is 0 Å². The van der Waals surface area contributed by atoms with E-state index in [1.54, 1.807) is 12.1 Å². The lowest BCUT2D eigenvalue weighted by Gasteiger charge is -2.05. The van der Waals surface area contributed by atoms with Gasteiger partial charge < -0.3 is 5.11 Å². The molecule has 1 rings (SSSR count). The minimum Gasteiger partial charge on any atom is -0.478 e. The Labute approximate surface area is 76.1 Å². The number of hydrogen-bond acceptors (Lipinski definition) is 3. The zero-order valence-electron chi connectivity index (χ0n) is 7.50. The van der Waals surface area contributed by atoms with E-state index >= 15 is 0 Å². The largest absolute Gasteiger partial charge is 0.478 e. The van der Waals surface area contributed by atoms with Crippen molar-refractivity contribution >= 4 is 11.7 Å². The van der Waals surface area contributed by atoms with Crippen molar-refractivity contribution in [2.24, 2.45) is 0 Å². The first-order valence-corrected chi connectivity index (χ1v) is 3.77. The van der Waals surface area contributed by atoms with E-state index in [1.165, 1.54) is 13.2 Å². The molecular formula is C9H11NO3. The number of nitrogens with one attached hydrogen (secondary N) is 1. The number of carbonyl (C=O) groups is 1. The van der Waals surface area contributed by atoms with E-state index in [9.17, 15) is 4.79 Å². The summed E-state index contributed by atoms with van der Waals surface area (Å²) in [6.45, 7) is 1.83. The van der Waals surface area contributed by atoms with Crippen molar-refractivity contribution in [1.82, 2.24) is 0 Å². The average molecular weight is 181 g/mol. The van der Waals surface area contributed by atoms with Crippen LogP contribution in [-0.2, 0) is 4.84 Å². The first-order valence-electron chi connectivity index (χ1n) is 3.77. The van der Waals surface area contributed by atoms with Crippen LogP contribution >= 0.6 is 0 Å². The Morgan fingerprint density at radius 3 is 2.69 bits per heavy atom. The second-order valence-electron chi connectivity index (χ2n) is 2.70. The van der Waals surface area contributed by atoms with Gasteiger partial charge in [-0.25, -0.2) is 4.79 Å². The van der Waals surface area contributed by atoms with Gasteiger partial charge >= 0.3 is 5.97 Å². The highest BCUT2D eigenvalue weighted by molar-refractivity contribution is 5.89. The molecule has 0 aliphatic heterocycles. The Morgan fingerprint density at radius 2 is 2.15 bits per heavy atom. The van der Waals surface area contributed by atoms with E-state index in [1.807, 2.05) is 6.92 Å². The number of rotatable bonds is 3. The standard InChI is InChI=1S/C9H11NO3/c1-6-3-7(9(11)12)5-8(4-6)10-13-2/h3-5,10H,1-2H3,(H,11,12). The highest BCUT2D eigenvalue weighted by atomic mass is 16.6. The van der Waals surface area contributed by atoms with Gasteiger partial charge in [-0.3, -0.25) is 10.3 Å². The average Bonchev–Trinajstić information content (AvgIpc) is 2.03. The summed E-state index contributed by atoms with van der Waals surface area (Å²) in [5, 5.41) is 8.73. The van der Waals surface area contributed by atoms with Crippen LogP contribution in [0.4, 0.5) is 5.69 Å². The van der Waals surface area contributed by atoms with Crippen LogP contribution in [0.2, 0.25) is 0 Å². The molecule has 0 bridgehead atoms. The van der Waals surface area contributed by atoms with Gasteiger partial charge in [0.05, 0.1) is 18.4 Å². The van der Waals surface area contributed by atoms with Gasteiger partial charge in [0.1, 0.15) is 0 Å². The Kier molecular flexibility index (Phi) is 2.87. The molecular weight excluding hydrogens is 170 g/mol. The van der Waals surface area contributed by atoms with Crippen LogP contribution in [-0.4, -0.2) is 18.2 Å². The molecule has 0 amide bonds. The van der Waals surface area contributed by atoms with Crippen LogP contribution in [0.25, 0.3) is 0 Å². The van der Waals surface area contributed by atoms with Gasteiger partial charge in [0.25, 0.3) is 0 Å². The maximum Gasteiger partial charge on any atom is 0.335 e. The molecule has 0 aromatic heterocycles. The topological polar surface area (TPSA) is 58.6 Å². The van der Waals surface area contributed by atoms with E-state index in [4.69, 9.17) is 5.11 Å². The van der Waals surface area contributed by atoms with E-state index in [-0.39, 0.29) is 5.56 Å². The molecule has 0 fully saturated rings. The maximum atomic E-state index is 10.6. The predicted molar refractivity (Wildman–Crippen MR) is 48.8 cm³/mol. The Bertz CT molecular complexity index is 323. The number of aromatic carboxylic acids is 1. The number of benzene rings is 1. The maximum absolute atomic E-state index is 10.6. The van der Waals surface area contributed by atoms with Crippen LogP contribution in [0.1, 0.15) is 15.9 Å². The molecule has 0 spiro atoms. The monoisotopic (exact) mass is 181 g/mol. The van der Waals surface area contributed by atoms with Gasteiger partial charge in [0.15, 0.2) is 0 Å². The number of carboxylic acids is 1. The quantitative estimate of drug-likeness (QED) is 0.696. The third kappa shape index (κ3) is 2.45. The third-order valence-corrected chi connectivity index (χ3v) is 1.54. The van der Waals surface area contributed by atoms with E-state index < -0.39 is 5.97 Å². The molecule has 0 heterocycles. The normalized spacial score (nSPS) is 9.69. The fourth-order valence-corrected chi connectivity index (χ4v) is 1.08. The number of carboxylic acid groups (broad SMARTS) is 1.